The lowest BCUT2D eigenvalue weighted by Crippen LogP contribution is -2.56. The second-order valence-corrected chi connectivity index (χ2v) is 16.5. The van der Waals surface area contributed by atoms with Gasteiger partial charge < -0.3 is 19.6 Å². The van der Waals surface area contributed by atoms with E-state index in [2.05, 4.69) is 30.4 Å². The van der Waals surface area contributed by atoms with Gasteiger partial charge in [-0.1, -0.05) is 12.1 Å². The molecule has 0 aromatic carbocycles. The zero-order chi connectivity index (χ0) is 43.2. The first-order valence-corrected chi connectivity index (χ1v) is 21.0. The molecule has 0 saturated carbocycles. The van der Waals surface area contributed by atoms with E-state index in [1.165, 1.54) is 0 Å². The van der Waals surface area contributed by atoms with Gasteiger partial charge in [-0.2, -0.15) is 26.3 Å². The van der Waals surface area contributed by atoms with E-state index in [9.17, 15) is 35.9 Å². The molecule has 336 valence electrons. The van der Waals surface area contributed by atoms with E-state index in [-0.39, 0.29) is 62.5 Å². The van der Waals surface area contributed by atoms with Gasteiger partial charge in [0.15, 0.2) is 11.6 Å². The average Bonchev–Trinajstić information content (AvgIpc) is 3.97. The van der Waals surface area contributed by atoms with Crippen LogP contribution in [0.25, 0.3) is 0 Å². The summed E-state index contributed by atoms with van der Waals surface area (Å²) >= 11 is 0. The number of carbonyl (C=O) groups excluding carboxylic acids is 2. The standard InChI is InChI=1S/2C21H23F3N6O.ClH/c2*22-21(23,24)14-8-11-29(12-14)18-7-6-16-19(27-18)30(15-4-3-10-28(16)13-15)20(31)26-17-5-1-2-9-25-17;/h2*1-2,5-7,9,14-15H,3-4,8,10-13H2,(H,25,26,31);1H/t2*14?,15-;/m00./s1. The number of piperidine rings is 2. The van der Waals surface area contributed by atoms with Crippen molar-refractivity contribution in [3.63, 3.8) is 0 Å². The molecule has 4 fully saturated rings. The molecule has 0 spiro atoms. The van der Waals surface area contributed by atoms with Gasteiger partial charge in [-0.3, -0.25) is 20.4 Å². The lowest BCUT2D eigenvalue weighted by molar-refractivity contribution is -0.168. The SMILES string of the molecule is Cl.O=C(Nc1ccccn1)N1c2nc(N3CCC(C(F)(F)F)C3)ccc2N2CCC[C@H]1C2.O=C(Nc1ccccn1)N1c2nc(N3CCC(C(F)(F)F)C3)ccc2N2CCC[C@H]1C2. The molecule has 4 aromatic heterocycles. The average molecular weight is 901 g/mol. The minimum atomic E-state index is -4.21. The summed E-state index contributed by atoms with van der Waals surface area (Å²) in [5.41, 5.74) is 1.67. The molecule has 14 nitrogen and oxygen atoms in total. The number of urea groups is 2. The van der Waals surface area contributed by atoms with E-state index in [1.54, 1.807) is 80.5 Å². The van der Waals surface area contributed by atoms with Crippen LogP contribution in [0.3, 0.4) is 0 Å². The van der Waals surface area contributed by atoms with E-state index in [0.29, 0.717) is 61.1 Å². The third kappa shape index (κ3) is 9.17. The predicted molar refractivity (Wildman–Crippen MR) is 230 cm³/mol. The van der Waals surface area contributed by atoms with Crippen LogP contribution in [0.1, 0.15) is 38.5 Å². The molecule has 4 amide bonds. The highest BCUT2D eigenvalue weighted by Gasteiger charge is 2.46. The molecule has 2 unspecified atom stereocenters. The van der Waals surface area contributed by atoms with E-state index >= 15 is 0 Å². The number of hydrogen-bond acceptors (Lipinski definition) is 10. The van der Waals surface area contributed by atoms with Crippen LogP contribution in [0, 0.1) is 11.8 Å². The van der Waals surface area contributed by atoms with Crippen molar-refractivity contribution in [1.82, 2.24) is 19.9 Å². The largest absolute Gasteiger partial charge is 0.393 e. The van der Waals surface area contributed by atoms with Gasteiger partial charge in [0.2, 0.25) is 0 Å². The summed E-state index contributed by atoms with van der Waals surface area (Å²) in [6, 6.07) is 17.1. The maximum Gasteiger partial charge on any atom is 0.393 e. The maximum absolute atomic E-state index is 13.2. The highest BCUT2D eigenvalue weighted by atomic mass is 35.5. The van der Waals surface area contributed by atoms with Gasteiger partial charge in [-0.05, 0) is 87.1 Å². The lowest BCUT2D eigenvalue weighted by atomic mass is 10.00. The highest BCUT2D eigenvalue weighted by Crippen LogP contribution is 2.43. The number of anilines is 8. The molecule has 4 bridgehead atoms. The smallest absolute Gasteiger partial charge is 0.366 e. The Labute approximate surface area is 366 Å². The van der Waals surface area contributed by atoms with Crippen molar-refractivity contribution < 1.29 is 35.9 Å². The first-order chi connectivity index (χ1) is 29.8. The molecule has 0 aliphatic carbocycles. The molecule has 10 heterocycles. The van der Waals surface area contributed by atoms with Gasteiger partial charge in [0.25, 0.3) is 0 Å². The van der Waals surface area contributed by atoms with Crippen LogP contribution in [0.2, 0.25) is 0 Å². The molecule has 0 radical (unpaired) electrons. The number of carbonyl (C=O) groups is 2. The number of nitrogens with zero attached hydrogens (tertiary/aromatic N) is 10. The molecule has 4 saturated heterocycles. The molecular weight excluding hydrogens is 854 g/mol. The summed E-state index contributed by atoms with van der Waals surface area (Å²) in [5, 5.41) is 5.65. The number of amides is 4. The Bertz CT molecular complexity index is 2100. The monoisotopic (exact) mass is 900 g/mol. The summed E-state index contributed by atoms with van der Waals surface area (Å²) < 4.78 is 78.8. The summed E-state index contributed by atoms with van der Waals surface area (Å²) in [5.74, 6) is 0.125. The van der Waals surface area contributed by atoms with Crippen LogP contribution in [-0.2, 0) is 0 Å². The number of rotatable bonds is 4. The molecule has 6 aliphatic heterocycles. The Morgan fingerprint density at radius 3 is 1.33 bits per heavy atom. The van der Waals surface area contributed by atoms with E-state index in [1.807, 2.05) is 12.1 Å². The van der Waals surface area contributed by atoms with Crippen LogP contribution in [0.5, 0.6) is 0 Å². The number of pyridine rings is 4. The van der Waals surface area contributed by atoms with Crippen molar-refractivity contribution in [3.8, 4) is 0 Å². The first-order valence-electron chi connectivity index (χ1n) is 21.0. The van der Waals surface area contributed by atoms with E-state index in [4.69, 9.17) is 9.97 Å². The molecule has 2 N–H and O–H groups in total. The number of halogens is 7. The Kier molecular flexibility index (Phi) is 12.4. The van der Waals surface area contributed by atoms with Crippen molar-refractivity contribution in [1.29, 1.82) is 0 Å². The summed E-state index contributed by atoms with van der Waals surface area (Å²) in [6.07, 6.45) is -1.50. The van der Waals surface area contributed by atoms with Crippen molar-refractivity contribution in [3.05, 3.63) is 73.1 Å². The van der Waals surface area contributed by atoms with Crippen molar-refractivity contribution in [2.45, 2.75) is 63.0 Å². The third-order valence-corrected chi connectivity index (χ3v) is 12.5. The summed E-state index contributed by atoms with van der Waals surface area (Å²) in [7, 11) is 0. The number of alkyl halides is 6. The summed E-state index contributed by atoms with van der Waals surface area (Å²) in [4.78, 5) is 55.1. The van der Waals surface area contributed by atoms with Gasteiger partial charge in [0, 0.05) is 64.8 Å². The van der Waals surface area contributed by atoms with E-state index < -0.39 is 24.2 Å². The fraction of sp³-hybridized carbons (Fsp3) is 0.476. The van der Waals surface area contributed by atoms with Gasteiger partial charge >= 0.3 is 24.4 Å². The highest BCUT2D eigenvalue weighted by molar-refractivity contribution is 6.05. The van der Waals surface area contributed by atoms with Crippen LogP contribution < -0.4 is 40.0 Å². The molecule has 63 heavy (non-hydrogen) atoms. The first kappa shape index (κ1) is 43.8. The molecule has 4 aromatic rings. The Morgan fingerprint density at radius 1 is 0.540 bits per heavy atom. The zero-order valence-corrected chi connectivity index (χ0v) is 34.9. The zero-order valence-electron chi connectivity index (χ0n) is 34.1. The van der Waals surface area contributed by atoms with E-state index in [0.717, 1.165) is 50.1 Å². The van der Waals surface area contributed by atoms with Crippen LogP contribution in [0.4, 0.5) is 82.2 Å². The number of hydrogen-bond donors (Lipinski definition) is 2. The van der Waals surface area contributed by atoms with Gasteiger partial charge in [0.1, 0.15) is 23.3 Å². The minimum absolute atomic E-state index is 0. The predicted octanol–water partition coefficient (Wildman–Crippen LogP) is 8.19. The van der Waals surface area contributed by atoms with Crippen LogP contribution >= 0.6 is 12.4 Å². The normalized spacial score (nSPS) is 22.6. The second-order valence-electron chi connectivity index (χ2n) is 16.5. The number of nitrogens with one attached hydrogen (secondary N) is 2. The fourth-order valence-corrected chi connectivity index (χ4v) is 9.39. The molecule has 6 aliphatic rings. The van der Waals surface area contributed by atoms with Crippen molar-refractivity contribution >= 4 is 70.8 Å². The Balaban J connectivity index is 0.000000170. The van der Waals surface area contributed by atoms with Crippen LogP contribution in [-0.4, -0.2) is 109 Å². The van der Waals surface area contributed by atoms with Crippen LogP contribution in [0.15, 0.2) is 73.1 Å². The van der Waals surface area contributed by atoms with Gasteiger partial charge in [-0.15, -0.1) is 12.4 Å². The summed E-state index contributed by atoms with van der Waals surface area (Å²) in [6.45, 7) is 3.55. The molecular formula is C42H47ClF6N12O2. The molecule has 10 rings (SSSR count). The third-order valence-electron chi connectivity index (χ3n) is 12.5. The van der Waals surface area contributed by atoms with Crippen molar-refractivity contribution in [2.24, 2.45) is 11.8 Å². The lowest BCUT2D eigenvalue weighted by Gasteiger charge is -2.46. The quantitative estimate of drug-likeness (QED) is 0.194. The number of fused-ring (bicyclic) bond motifs is 8. The van der Waals surface area contributed by atoms with Gasteiger partial charge in [-0.25, -0.2) is 29.5 Å². The molecule has 4 atom stereocenters. The Morgan fingerprint density at radius 2 is 0.968 bits per heavy atom. The van der Waals surface area contributed by atoms with Crippen molar-refractivity contribution in [2.75, 3.05) is 92.4 Å². The second kappa shape index (κ2) is 17.8. The van der Waals surface area contributed by atoms with Gasteiger partial charge in [0.05, 0.1) is 35.3 Å². The number of aromatic nitrogens is 4. The fourth-order valence-electron chi connectivity index (χ4n) is 9.39. The topological polar surface area (TPSA) is 129 Å². The minimum Gasteiger partial charge on any atom is -0.366 e. The maximum atomic E-state index is 13.2. The molecule has 21 heteroatoms. The Hall–Kier alpha value is -5.79.